The maximum Gasteiger partial charge on any atom is 0.109 e. The lowest BCUT2D eigenvalue weighted by Gasteiger charge is -2.06. The highest BCUT2D eigenvalue weighted by Gasteiger charge is 2.10. The number of hydrogen-bond donors (Lipinski definition) is 1. The summed E-state index contributed by atoms with van der Waals surface area (Å²) in [5.41, 5.74) is 0.566. The predicted molar refractivity (Wildman–Crippen MR) is 49.2 cm³/mol. The average Bonchev–Trinajstić information content (AvgIpc) is 2.03. The van der Waals surface area contributed by atoms with Crippen molar-refractivity contribution in [3.8, 4) is 0 Å². The molecule has 1 aromatic rings. The lowest BCUT2D eigenvalue weighted by atomic mass is 10.4. The monoisotopic (exact) mass is 185 g/mol. The van der Waals surface area contributed by atoms with Crippen LogP contribution in [0.15, 0.2) is 18.3 Å². The lowest BCUT2D eigenvalue weighted by molar-refractivity contribution is 0.277. The quantitative estimate of drug-likeness (QED) is 0.694. The minimum atomic E-state index is -2.21. The first kappa shape index (κ1) is 9.43. The zero-order chi connectivity index (χ0) is 9.19. The Morgan fingerprint density at radius 1 is 1.58 bits per heavy atom. The number of aliphatic hydroxyl groups is 1. The summed E-state index contributed by atoms with van der Waals surface area (Å²) >= 11 is 0. The topological polar surface area (TPSA) is 50.2 Å². The zero-order valence-electron chi connectivity index (χ0n) is 7.19. The fourth-order valence-electron chi connectivity index (χ4n) is 0.887. The number of aliphatic hydroxyl groups excluding tert-OH is 1. The first-order valence-corrected chi connectivity index (χ1v) is 6.25. The highest BCUT2D eigenvalue weighted by molar-refractivity contribution is 7.70. The van der Waals surface area contributed by atoms with Crippen LogP contribution >= 0.6 is 7.14 Å². The fraction of sp³-hybridized carbons (Fsp3) is 0.375. The molecule has 0 atom stereocenters. The molecule has 0 aliphatic rings. The largest absolute Gasteiger partial charge is 0.390 e. The van der Waals surface area contributed by atoms with E-state index in [1.807, 2.05) is 0 Å². The molecule has 1 rings (SSSR count). The van der Waals surface area contributed by atoms with Gasteiger partial charge in [0.25, 0.3) is 0 Å². The minimum Gasteiger partial charge on any atom is -0.390 e. The summed E-state index contributed by atoms with van der Waals surface area (Å²) in [6, 6.07) is 3.40. The van der Waals surface area contributed by atoms with Crippen LogP contribution < -0.4 is 5.30 Å². The van der Waals surface area contributed by atoms with E-state index in [9.17, 15) is 4.57 Å². The van der Waals surface area contributed by atoms with Crippen LogP contribution in [0.1, 0.15) is 5.69 Å². The first-order valence-electron chi connectivity index (χ1n) is 3.65. The molecule has 3 nitrogen and oxygen atoms in total. The Kier molecular flexibility index (Phi) is 2.65. The van der Waals surface area contributed by atoms with Crippen LogP contribution in [0.2, 0.25) is 0 Å². The van der Waals surface area contributed by atoms with E-state index in [-0.39, 0.29) is 6.61 Å². The van der Waals surface area contributed by atoms with E-state index in [1.165, 1.54) is 0 Å². The van der Waals surface area contributed by atoms with Gasteiger partial charge in [-0.2, -0.15) is 0 Å². The van der Waals surface area contributed by atoms with Crippen LogP contribution in [0.3, 0.4) is 0 Å². The molecule has 0 fully saturated rings. The van der Waals surface area contributed by atoms with E-state index >= 15 is 0 Å². The molecule has 1 heterocycles. The third-order valence-corrected chi connectivity index (χ3v) is 3.11. The summed E-state index contributed by atoms with van der Waals surface area (Å²) in [4.78, 5) is 3.90. The van der Waals surface area contributed by atoms with Gasteiger partial charge in [0.2, 0.25) is 0 Å². The summed E-state index contributed by atoms with van der Waals surface area (Å²) in [7, 11) is -2.21. The number of aromatic nitrogens is 1. The third kappa shape index (κ3) is 2.16. The average molecular weight is 185 g/mol. The van der Waals surface area contributed by atoms with Gasteiger partial charge < -0.3 is 9.67 Å². The van der Waals surface area contributed by atoms with E-state index < -0.39 is 7.14 Å². The van der Waals surface area contributed by atoms with Crippen molar-refractivity contribution in [2.75, 3.05) is 13.3 Å². The van der Waals surface area contributed by atoms with Gasteiger partial charge in [-0.15, -0.1) is 0 Å². The van der Waals surface area contributed by atoms with E-state index in [2.05, 4.69) is 4.98 Å². The first-order chi connectivity index (χ1) is 5.54. The van der Waals surface area contributed by atoms with Crippen molar-refractivity contribution in [3.05, 3.63) is 24.0 Å². The smallest absolute Gasteiger partial charge is 0.109 e. The van der Waals surface area contributed by atoms with Gasteiger partial charge in [-0.05, 0) is 25.5 Å². The van der Waals surface area contributed by atoms with Crippen molar-refractivity contribution in [3.63, 3.8) is 0 Å². The van der Waals surface area contributed by atoms with E-state index in [0.717, 1.165) is 5.30 Å². The normalized spacial score (nSPS) is 11.6. The second kappa shape index (κ2) is 3.38. The van der Waals surface area contributed by atoms with Crippen molar-refractivity contribution in [2.24, 2.45) is 0 Å². The van der Waals surface area contributed by atoms with Crippen LogP contribution in [0, 0.1) is 0 Å². The molecule has 4 heteroatoms. The third-order valence-electron chi connectivity index (χ3n) is 1.58. The summed E-state index contributed by atoms with van der Waals surface area (Å²) in [6.07, 6.45) is 1.57. The molecule has 1 aromatic heterocycles. The van der Waals surface area contributed by atoms with E-state index in [0.29, 0.717) is 5.69 Å². The summed E-state index contributed by atoms with van der Waals surface area (Å²) in [6.45, 7) is 3.29. The Morgan fingerprint density at radius 3 is 2.75 bits per heavy atom. The van der Waals surface area contributed by atoms with Crippen molar-refractivity contribution >= 4 is 12.4 Å². The van der Waals surface area contributed by atoms with Gasteiger partial charge in [0.05, 0.1) is 12.3 Å². The Morgan fingerprint density at radius 2 is 2.25 bits per heavy atom. The van der Waals surface area contributed by atoms with Gasteiger partial charge in [-0.1, -0.05) is 0 Å². The maximum atomic E-state index is 11.6. The molecule has 66 valence electrons. The Hall–Kier alpha value is -0.660. The van der Waals surface area contributed by atoms with Gasteiger partial charge in [0.1, 0.15) is 7.14 Å². The van der Waals surface area contributed by atoms with Crippen LogP contribution in [0.4, 0.5) is 0 Å². The van der Waals surface area contributed by atoms with Crippen LogP contribution in [0.25, 0.3) is 0 Å². The fourth-order valence-corrected chi connectivity index (χ4v) is 1.77. The van der Waals surface area contributed by atoms with Crippen LogP contribution in [-0.4, -0.2) is 23.4 Å². The Balaban J connectivity index is 3.11. The van der Waals surface area contributed by atoms with Crippen molar-refractivity contribution in [1.29, 1.82) is 0 Å². The minimum absolute atomic E-state index is 0.103. The highest BCUT2D eigenvalue weighted by atomic mass is 31.2. The second-order valence-electron chi connectivity index (χ2n) is 3.01. The van der Waals surface area contributed by atoms with Gasteiger partial charge >= 0.3 is 0 Å². The standard InChI is InChI=1S/C8H12NO2P/c1-12(2,11)8-3-4-9-7(5-8)6-10/h3-5,10H,6H2,1-2H3. The molecule has 0 aliphatic carbocycles. The molecule has 0 saturated heterocycles. The molecule has 0 spiro atoms. The van der Waals surface area contributed by atoms with Gasteiger partial charge in [0.15, 0.2) is 0 Å². The molecule has 0 radical (unpaired) electrons. The van der Waals surface area contributed by atoms with Crippen molar-refractivity contribution < 1.29 is 9.67 Å². The van der Waals surface area contributed by atoms with Crippen LogP contribution in [-0.2, 0) is 11.2 Å². The molecule has 0 amide bonds. The Labute approximate surface area is 71.8 Å². The van der Waals surface area contributed by atoms with E-state index in [4.69, 9.17) is 5.11 Å². The Bertz CT molecular complexity index is 319. The van der Waals surface area contributed by atoms with Crippen molar-refractivity contribution in [2.45, 2.75) is 6.61 Å². The van der Waals surface area contributed by atoms with E-state index in [1.54, 1.807) is 31.7 Å². The van der Waals surface area contributed by atoms with Gasteiger partial charge in [-0.3, -0.25) is 4.98 Å². The van der Waals surface area contributed by atoms with Crippen molar-refractivity contribution in [1.82, 2.24) is 4.98 Å². The summed E-state index contributed by atoms with van der Waals surface area (Å²) in [5.74, 6) is 0. The molecule has 0 aliphatic heterocycles. The number of pyridine rings is 1. The lowest BCUT2D eigenvalue weighted by Crippen LogP contribution is -2.05. The van der Waals surface area contributed by atoms with Gasteiger partial charge in [0, 0.05) is 11.5 Å². The molecule has 0 saturated carbocycles. The molecular weight excluding hydrogens is 173 g/mol. The zero-order valence-corrected chi connectivity index (χ0v) is 8.08. The summed E-state index contributed by atoms with van der Waals surface area (Å²) < 4.78 is 11.6. The second-order valence-corrected chi connectivity index (χ2v) is 6.23. The predicted octanol–water partition coefficient (Wildman–Crippen LogP) is 0.822. The SMILES string of the molecule is CP(C)(=O)c1ccnc(CO)c1. The molecule has 0 bridgehead atoms. The number of nitrogens with zero attached hydrogens (tertiary/aromatic N) is 1. The van der Waals surface area contributed by atoms with Crippen LogP contribution in [0.5, 0.6) is 0 Å². The summed E-state index contributed by atoms with van der Waals surface area (Å²) in [5, 5.41) is 9.54. The molecular formula is C8H12NO2P. The molecule has 0 aromatic carbocycles. The number of rotatable bonds is 2. The highest BCUT2D eigenvalue weighted by Crippen LogP contribution is 2.34. The molecule has 0 unspecified atom stereocenters. The van der Waals surface area contributed by atoms with Gasteiger partial charge in [-0.25, -0.2) is 0 Å². The molecule has 12 heavy (non-hydrogen) atoms. The number of hydrogen-bond acceptors (Lipinski definition) is 3. The molecule has 1 N–H and O–H groups in total. The maximum absolute atomic E-state index is 11.6.